The molecule has 0 aliphatic rings. The highest BCUT2D eigenvalue weighted by Gasteiger charge is 2.11. The van der Waals surface area contributed by atoms with Crippen LogP contribution in [0.25, 0.3) is 6.08 Å². The summed E-state index contributed by atoms with van der Waals surface area (Å²) < 4.78 is 5.35. The molecule has 0 unspecified atom stereocenters. The second kappa shape index (κ2) is 8.38. The van der Waals surface area contributed by atoms with Crippen molar-refractivity contribution in [2.24, 2.45) is 0 Å². The number of anilines is 1. The number of benzene rings is 2. The van der Waals surface area contributed by atoms with E-state index < -0.39 is 5.91 Å². The van der Waals surface area contributed by atoms with Crippen molar-refractivity contribution in [3.05, 3.63) is 64.7 Å². The minimum atomic E-state index is -0.453. The first-order chi connectivity index (χ1) is 12.0. The first-order valence-corrected chi connectivity index (χ1v) is 7.71. The van der Waals surface area contributed by atoms with Crippen LogP contribution in [0, 0.1) is 37.5 Å². The Labute approximate surface area is 147 Å². The quantitative estimate of drug-likeness (QED) is 0.514. The molecule has 0 heterocycles. The lowest BCUT2D eigenvalue weighted by Gasteiger charge is -2.10. The van der Waals surface area contributed by atoms with Crippen LogP contribution in [-0.2, 0) is 4.79 Å². The van der Waals surface area contributed by atoms with Crippen LogP contribution in [0.1, 0.15) is 16.7 Å². The molecule has 1 amide bonds. The zero-order valence-corrected chi connectivity index (χ0v) is 14.2. The molecular weight excluding hydrogens is 312 g/mol. The van der Waals surface area contributed by atoms with Crippen LogP contribution in [-0.4, -0.2) is 12.5 Å². The molecule has 2 rings (SSSR count). The Morgan fingerprint density at radius 3 is 2.76 bits per heavy atom. The lowest BCUT2D eigenvalue weighted by Crippen LogP contribution is -2.14. The van der Waals surface area contributed by atoms with E-state index in [-0.39, 0.29) is 12.2 Å². The number of carbonyl (C=O) groups is 1. The van der Waals surface area contributed by atoms with Crippen LogP contribution in [0.15, 0.2) is 48.0 Å². The molecule has 4 heteroatoms. The molecule has 0 atom stereocenters. The number of nitrogens with one attached hydrogen (secondary N) is 1. The standard InChI is InChI=1S/C21H18N2O2/c1-4-11-25-19-9-6-8-17(13-19)12-18(14-22)21(24)23-20-10-5-7-15(2)16(20)3/h1,5-10,12-13H,11H2,2-3H3,(H,23,24)/b18-12-. The van der Waals surface area contributed by atoms with Gasteiger partial charge in [0.1, 0.15) is 24.0 Å². The fourth-order valence-electron chi connectivity index (χ4n) is 2.21. The number of carbonyl (C=O) groups excluding carboxylic acids is 1. The van der Waals surface area contributed by atoms with E-state index in [1.165, 1.54) is 6.08 Å². The van der Waals surface area contributed by atoms with Gasteiger partial charge in [-0.3, -0.25) is 4.79 Å². The summed E-state index contributed by atoms with van der Waals surface area (Å²) in [6.07, 6.45) is 6.69. The molecule has 0 saturated carbocycles. The first-order valence-electron chi connectivity index (χ1n) is 7.71. The maximum Gasteiger partial charge on any atom is 0.266 e. The van der Waals surface area contributed by atoms with Gasteiger partial charge >= 0.3 is 0 Å². The van der Waals surface area contributed by atoms with Gasteiger partial charge in [0, 0.05) is 5.69 Å². The molecule has 2 aromatic carbocycles. The summed E-state index contributed by atoms with van der Waals surface area (Å²) in [6, 6.07) is 14.6. The van der Waals surface area contributed by atoms with Crippen molar-refractivity contribution >= 4 is 17.7 Å². The van der Waals surface area contributed by atoms with Crippen LogP contribution in [0.3, 0.4) is 0 Å². The van der Waals surface area contributed by atoms with Gasteiger partial charge < -0.3 is 10.1 Å². The van der Waals surface area contributed by atoms with E-state index in [4.69, 9.17) is 11.2 Å². The van der Waals surface area contributed by atoms with Crippen LogP contribution >= 0.6 is 0 Å². The van der Waals surface area contributed by atoms with Crippen molar-refractivity contribution < 1.29 is 9.53 Å². The minimum Gasteiger partial charge on any atom is -0.481 e. The van der Waals surface area contributed by atoms with E-state index in [0.29, 0.717) is 17.0 Å². The number of terminal acetylenes is 1. The van der Waals surface area contributed by atoms with E-state index in [0.717, 1.165) is 11.1 Å². The van der Waals surface area contributed by atoms with E-state index in [9.17, 15) is 10.1 Å². The van der Waals surface area contributed by atoms with E-state index in [1.54, 1.807) is 24.3 Å². The smallest absolute Gasteiger partial charge is 0.266 e. The molecule has 2 aromatic rings. The molecule has 124 valence electrons. The molecule has 0 radical (unpaired) electrons. The number of ether oxygens (including phenoxy) is 1. The topological polar surface area (TPSA) is 62.1 Å². The van der Waals surface area contributed by atoms with Gasteiger partial charge in [-0.15, -0.1) is 6.42 Å². The summed E-state index contributed by atoms with van der Waals surface area (Å²) in [4.78, 5) is 12.4. The predicted molar refractivity (Wildman–Crippen MR) is 98.9 cm³/mol. The summed E-state index contributed by atoms with van der Waals surface area (Å²) in [5, 5.41) is 12.1. The Morgan fingerprint density at radius 2 is 2.04 bits per heavy atom. The van der Waals surface area contributed by atoms with Gasteiger partial charge in [-0.1, -0.05) is 30.2 Å². The van der Waals surface area contributed by atoms with Crippen molar-refractivity contribution in [3.63, 3.8) is 0 Å². The molecule has 0 saturated heterocycles. The largest absolute Gasteiger partial charge is 0.481 e. The monoisotopic (exact) mass is 330 g/mol. The Bertz CT molecular complexity index is 899. The van der Waals surface area contributed by atoms with Gasteiger partial charge in [0.05, 0.1) is 0 Å². The third-order valence-corrected chi connectivity index (χ3v) is 3.71. The van der Waals surface area contributed by atoms with Crippen molar-refractivity contribution in [1.29, 1.82) is 5.26 Å². The van der Waals surface area contributed by atoms with Crippen molar-refractivity contribution in [3.8, 4) is 24.2 Å². The zero-order valence-electron chi connectivity index (χ0n) is 14.2. The number of nitriles is 1. The summed E-state index contributed by atoms with van der Waals surface area (Å²) in [5.41, 5.74) is 3.42. The Hall–Kier alpha value is -3.50. The molecule has 0 aromatic heterocycles. The SMILES string of the molecule is C#CCOc1cccc(/C=C(/C#N)C(=O)Nc2cccc(C)c2C)c1. The van der Waals surface area contributed by atoms with E-state index in [2.05, 4.69) is 11.2 Å². The molecule has 0 fully saturated rings. The summed E-state index contributed by atoms with van der Waals surface area (Å²) in [7, 11) is 0. The number of rotatable bonds is 5. The highest BCUT2D eigenvalue weighted by molar-refractivity contribution is 6.10. The maximum atomic E-state index is 12.4. The van der Waals surface area contributed by atoms with Gasteiger partial charge in [0.15, 0.2) is 0 Å². The molecule has 25 heavy (non-hydrogen) atoms. The second-order valence-electron chi connectivity index (χ2n) is 5.44. The Balaban J connectivity index is 2.22. The van der Waals surface area contributed by atoms with Gasteiger partial charge in [-0.25, -0.2) is 0 Å². The minimum absolute atomic E-state index is 0.00926. The average molecular weight is 330 g/mol. The van der Waals surface area contributed by atoms with Gasteiger partial charge in [0.2, 0.25) is 0 Å². The van der Waals surface area contributed by atoms with E-state index >= 15 is 0 Å². The van der Waals surface area contributed by atoms with Gasteiger partial charge in [-0.2, -0.15) is 5.26 Å². The van der Waals surface area contributed by atoms with Gasteiger partial charge in [0.25, 0.3) is 5.91 Å². The molecule has 0 aliphatic heterocycles. The van der Waals surface area contributed by atoms with Crippen LogP contribution in [0.4, 0.5) is 5.69 Å². The number of hydrogen-bond acceptors (Lipinski definition) is 3. The average Bonchev–Trinajstić information content (AvgIpc) is 2.62. The van der Waals surface area contributed by atoms with Crippen molar-refractivity contribution in [1.82, 2.24) is 0 Å². The fraction of sp³-hybridized carbons (Fsp3) is 0.143. The van der Waals surface area contributed by atoms with E-state index in [1.807, 2.05) is 38.1 Å². The molecule has 0 aliphatic carbocycles. The number of nitrogens with zero attached hydrogens (tertiary/aromatic N) is 1. The second-order valence-corrected chi connectivity index (χ2v) is 5.44. The Kier molecular flexibility index (Phi) is 5.98. The normalized spacial score (nSPS) is 10.5. The summed E-state index contributed by atoms with van der Waals surface area (Å²) in [6.45, 7) is 4.05. The molecule has 0 bridgehead atoms. The molecule has 4 nitrogen and oxygen atoms in total. The van der Waals surface area contributed by atoms with Crippen molar-refractivity contribution in [2.75, 3.05) is 11.9 Å². The van der Waals surface area contributed by atoms with Gasteiger partial charge in [-0.05, 0) is 54.8 Å². The zero-order chi connectivity index (χ0) is 18.2. The van der Waals surface area contributed by atoms with Crippen LogP contribution in [0.5, 0.6) is 5.75 Å². The number of aryl methyl sites for hydroxylation is 1. The van der Waals surface area contributed by atoms with Crippen molar-refractivity contribution in [2.45, 2.75) is 13.8 Å². The van der Waals surface area contributed by atoms with Crippen LogP contribution < -0.4 is 10.1 Å². The molecule has 1 N–H and O–H groups in total. The summed E-state index contributed by atoms with van der Waals surface area (Å²) in [5.74, 6) is 2.52. The number of hydrogen-bond donors (Lipinski definition) is 1. The lowest BCUT2D eigenvalue weighted by atomic mass is 10.1. The molecular formula is C21H18N2O2. The number of amides is 1. The third-order valence-electron chi connectivity index (χ3n) is 3.71. The first kappa shape index (κ1) is 17.8. The lowest BCUT2D eigenvalue weighted by molar-refractivity contribution is -0.112. The maximum absolute atomic E-state index is 12.4. The predicted octanol–water partition coefficient (Wildman–Crippen LogP) is 3.86. The van der Waals surface area contributed by atoms with Crippen LogP contribution in [0.2, 0.25) is 0 Å². The third kappa shape index (κ3) is 4.73. The molecule has 0 spiro atoms. The highest BCUT2D eigenvalue weighted by atomic mass is 16.5. The fourth-order valence-corrected chi connectivity index (χ4v) is 2.21. The highest BCUT2D eigenvalue weighted by Crippen LogP contribution is 2.20. The Morgan fingerprint density at radius 1 is 1.28 bits per heavy atom. The summed E-state index contributed by atoms with van der Waals surface area (Å²) >= 11 is 0.